The lowest BCUT2D eigenvalue weighted by atomic mass is 9.93. The summed E-state index contributed by atoms with van der Waals surface area (Å²) in [7, 11) is 0. The summed E-state index contributed by atoms with van der Waals surface area (Å²) in [5, 5.41) is 11.2. The van der Waals surface area contributed by atoms with Crippen LogP contribution < -0.4 is 10.6 Å². The number of nitrogens with zero attached hydrogens (tertiary/aromatic N) is 1. The molecule has 0 fully saturated rings. The Labute approximate surface area is 195 Å². The van der Waals surface area contributed by atoms with Gasteiger partial charge in [0.05, 0.1) is 22.6 Å². The number of H-pyrrole nitrogens is 2. The summed E-state index contributed by atoms with van der Waals surface area (Å²) in [6, 6.07) is 16.3. The number of hydrogen-bond acceptors (Lipinski definition) is 4. The number of anilines is 2. The molecule has 0 saturated carbocycles. The summed E-state index contributed by atoms with van der Waals surface area (Å²) in [6.45, 7) is 8.01. The summed E-state index contributed by atoms with van der Waals surface area (Å²) >= 11 is 0. The Morgan fingerprint density at radius 1 is 0.941 bits per heavy atom. The molecule has 172 valence electrons. The van der Waals surface area contributed by atoms with Gasteiger partial charge in [-0.2, -0.15) is 0 Å². The first-order valence-corrected chi connectivity index (χ1v) is 11.0. The van der Waals surface area contributed by atoms with Crippen molar-refractivity contribution in [1.29, 1.82) is 0 Å². The van der Waals surface area contributed by atoms with Crippen molar-refractivity contribution in [2.24, 2.45) is 0 Å². The number of amides is 2. The molecule has 4 N–H and O–H groups in total. The van der Waals surface area contributed by atoms with Crippen LogP contribution >= 0.6 is 0 Å². The fraction of sp³-hybridized carbons (Fsp3) is 0.192. The Kier molecular flexibility index (Phi) is 5.01. The topological polar surface area (TPSA) is 116 Å². The quantitative estimate of drug-likeness (QED) is 0.244. The van der Waals surface area contributed by atoms with Crippen LogP contribution in [0.5, 0.6) is 0 Å². The SMILES string of the molecule is Cc1cccc2[nH]c(C(=O)c3cc4cccc(NC(=O)Nc5cc(C(C)(C)C)on5)c4[nH]3)cc12. The monoisotopic (exact) mass is 455 g/mol. The Balaban J connectivity index is 1.39. The first-order chi connectivity index (χ1) is 16.2. The molecule has 0 aliphatic carbocycles. The van der Waals surface area contributed by atoms with E-state index in [0.29, 0.717) is 34.2 Å². The van der Waals surface area contributed by atoms with Gasteiger partial charge in [0.1, 0.15) is 5.76 Å². The van der Waals surface area contributed by atoms with Crippen LogP contribution in [0.15, 0.2) is 59.1 Å². The minimum atomic E-state index is -0.463. The van der Waals surface area contributed by atoms with Crippen LogP contribution in [0.25, 0.3) is 21.8 Å². The molecule has 0 aliphatic heterocycles. The van der Waals surface area contributed by atoms with Crippen LogP contribution in [0.1, 0.15) is 48.3 Å². The number of carbonyl (C=O) groups is 2. The van der Waals surface area contributed by atoms with Gasteiger partial charge in [0.2, 0.25) is 5.78 Å². The second-order valence-corrected chi connectivity index (χ2v) is 9.41. The van der Waals surface area contributed by atoms with Crippen molar-refractivity contribution in [3.8, 4) is 0 Å². The fourth-order valence-corrected chi connectivity index (χ4v) is 3.91. The summed E-state index contributed by atoms with van der Waals surface area (Å²) in [5.74, 6) is 0.843. The fourth-order valence-electron chi connectivity index (χ4n) is 3.91. The first kappa shape index (κ1) is 21.5. The number of nitrogens with one attached hydrogen (secondary N) is 4. The smallest absolute Gasteiger partial charge is 0.325 e. The average molecular weight is 456 g/mol. The number of aryl methyl sites for hydroxylation is 1. The highest BCUT2D eigenvalue weighted by Crippen LogP contribution is 2.27. The van der Waals surface area contributed by atoms with Gasteiger partial charge in [-0.15, -0.1) is 0 Å². The molecule has 34 heavy (non-hydrogen) atoms. The lowest BCUT2D eigenvalue weighted by Gasteiger charge is -2.12. The number of para-hydroxylation sites is 1. The van der Waals surface area contributed by atoms with E-state index in [-0.39, 0.29) is 11.2 Å². The molecule has 0 bridgehead atoms. The molecule has 0 spiro atoms. The standard InChI is InChI=1S/C26H25N5O3/c1-14-7-5-9-17-16(14)12-20(27-17)24(32)19-11-15-8-6-10-18(23(15)28-19)29-25(33)30-22-13-21(34-31-22)26(2,3)4/h5-13,27-28H,1-4H3,(H2,29,30,31,33). The minimum absolute atomic E-state index is 0.153. The Morgan fingerprint density at radius 3 is 2.44 bits per heavy atom. The lowest BCUT2D eigenvalue weighted by molar-refractivity contribution is 0.103. The van der Waals surface area contributed by atoms with Crippen molar-refractivity contribution in [3.63, 3.8) is 0 Å². The van der Waals surface area contributed by atoms with Gasteiger partial charge in [-0.25, -0.2) is 4.79 Å². The van der Waals surface area contributed by atoms with Gasteiger partial charge in [0.15, 0.2) is 5.82 Å². The number of hydrogen-bond donors (Lipinski definition) is 4. The van der Waals surface area contributed by atoms with Gasteiger partial charge >= 0.3 is 6.03 Å². The molecule has 3 aromatic heterocycles. The number of benzene rings is 2. The van der Waals surface area contributed by atoms with Crippen LogP contribution in [-0.2, 0) is 5.41 Å². The van der Waals surface area contributed by atoms with Gasteiger partial charge < -0.3 is 19.8 Å². The second kappa shape index (κ2) is 7.91. The Morgan fingerprint density at radius 2 is 1.71 bits per heavy atom. The lowest BCUT2D eigenvalue weighted by Crippen LogP contribution is -2.19. The largest absolute Gasteiger partial charge is 0.359 e. The van der Waals surface area contributed by atoms with E-state index < -0.39 is 6.03 Å². The molecule has 2 amide bonds. The maximum atomic E-state index is 13.2. The van der Waals surface area contributed by atoms with Gasteiger partial charge in [0, 0.05) is 27.8 Å². The van der Waals surface area contributed by atoms with E-state index in [9.17, 15) is 9.59 Å². The van der Waals surface area contributed by atoms with Crippen molar-refractivity contribution >= 4 is 45.1 Å². The maximum Gasteiger partial charge on any atom is 0.325 e. The Hall–Kier alpha value is -4.33. The van der Waals surface area contributed by atoms with E-state index in [0.717, 1.165) is 21.9 Å². The van der Waals surface area contributed by atoms with Crippen LogP contribution in [0.4, 0.5) is 16.3 Å². The molecular formula is C26H25N5O3. The molecule has 0 radical (unpaired) electrons. The summed E-state index contributed by atoms with van der Waals surface area (Å²) in [5.41, 5.74) is 3.94. The number of carbonyl (C=O) groups excluding carboxylic acids is 2. The van der Waals surface area contributed by atoms with Crippen molar-refractivity contribution in [3.05, 3.63) is 77.3 Å². The van der Waals surface area contributed by atoms with Crippen molar-refractivity contribution < 1.29 is 14.1 Å². The third kappa shape index (κ3) is 3.94. The average Bonchev–Trinajstić information content (AvgIpc) is 3.51. The molecule has 8 heteroatoms. The molecule has 0 aliphatic rings. The third-order valence-electron chi connectivity index (χ3n) is 5.77. The van der Waals surface area contributed by atoms with Crippen LogP contribution in [-0.4, -0.2) is 26.9 Å². The molecule has 5 rings (SSSR count). The zero-order chi connectivity index (χ0) is 24.0. The predicted molar refractivity (Wildman–Crippen MR) is 133 cm³/mol. The predicted octanol–water partition coefficient (Wildman–Crippen LogP) is 6.12. The van der Waals surface area contributed by atoms with E-state index in [1.807, 2.05) is 64.1 Å². The van der Waals surface area contributed by atoms with Crippen LogP contribution in [0.2, 0.25) is 0 Å². The molecule has 5 aromatic rings. The zero-order valence-electron chi connectivity index (χ0n) is 19.4. The van der Waals surface area contributed by atoms with Crippen molar-refractivity contribution in [2.45, 2.75) is 33.1 Å². The van der Waals surface area contributed by atoms with Crippen LogP contribution in [0.3, 0.4) is 0 Å². The third-order valence-corrected chi connectivity index (χ3v) is 5.77. The molecule has 0 unspecified atom stereocenters. The molecule has 2 aromatic carbocycles. The zero-order valence-corrected chi connectivity index (χ0v) is 19.4. The molecule has 0 atom stereocenters. The second-order valence-electron chi connectivity index (χ2n) is 9.41. The summed E-state index contributed by atoms with van der Waals surface area (Å²) in [6.07, 6.45) is 0. The number of aromatic nitrogens is 3. The number of rotatable bonds is 4. The molecule has 8 nitrogen and oxygen atoms in total. The van der Waals surface area contributed by atoms with Gasteiger partial charge in [-0.05, 0) is 36.8 Å². The summed E-state index contributed by atoms with van der Waals surface area (Å²) in [4.78, 5) is 32.1. The highest BCUT2D eigenvalue weighted by Gasteiger charge is 2.21. The maximum absolute atomic E-state index is 13.2. The van der Waals surface area contributed by atoms with Crippen LogP contribution in [0, 0.1) is 6.92 Å². The van der Waals surface area contributed by atoms with Crippen molar-refractivity contribution in [1.82, 2.24) is 15.1 Å². The van der Waals surface area contributed by atoms with Gasteiger partial charge in [-0.3, -0.25) is 10.1 Å². The van der Waals surface area contributed by atoms with E-state index in [4.69, 9.17) is 4.52 Å². The van der Waals surface area contributed by atoms with E-state index in [1.165, 1.54) is 0 Å². The highest BCUT2D eigenvalue weighted by molar-refractivity contribution is 6.13. The minimum Gasteiger partial charge on any atom is -0.359 e. The van der Waals surface area contributed by atoms with E-state index >= 15 is 0 Å². The van der Waals surface area contributed by atoms with Gasteiger partial charge in [0.25, 0.3) is 0 Å². The highest BCUT2D eigenvalue weighted by atomic mass is 16.5. The number of ketones is 1. The molecule has 0 saturated heterocycles. The molecule has 3 heterocycles. The molecular weight excluding hydrogens is 430 g/mol. The normalized spacial score (nSPS) is 11.8. The number of urea groups is 1. The Bertz CT molecular complexity index is 1550. The van der Waals surface area contributed by atoms with E-state index in [2.05, 4.69) is 25.8 Å². The number of fused-ring (bicyclic) bond motifs is 2. The first-order valence-electron chi connectivity index (χ1n) is 11.0. The number of aromatic amines is 2. The van der Waals surface area contributed by atoms with Gasteiger partial charge in [-0.1, -0.05) is 50.2 Å². The van der Waals surface area contributed by atoms with Crippen molar-refractivity contribution in [2.75, 3.05) is 10.6 Å². The van der Waals surface area contributed by atoms with E-state index in [1.54, 1.807) is 18.2 Å². The summed E-state index contributed by atoms with van der Waals surface area (Å²) < 4.78 is 5.31.